The predicted octanol–water partition coefficient (Wildman–Crippen LogP) is 1.44. The summed E-state index contributed by atoms with van der Waals surface area (Å²) in [6.45, 7) is 0. The van der Waals surface area contributed by atoms with E-state index in [1.54, 1.807) is 4.52 Å². The number of hydrogen-bond donors (Lipinski definition) is 0. The van der Waals surface area contributed by atoms with Gasteiger partial charge in [0.1, 0.15) is 6.33 Å². The molecule has 0 saturated heterocycles. The Labute approximate surface area is 102 Å². The van der Waals surface area contributed by atoms with Gasteiger partial charge in [-0.2, -0.15) is 5.10 Å². The number of nitrogens with zero attached hydrogens (tertiary/aromatic N) is 6. The summed E-state index contributed by atoms with van der Waals surface area (Å²) in [7, 11) is 0. The van der Waals surface area contributed by atoms with E-state index in [2.05, 4.69) is 20.3 Å². The lowest BCUT2D eigenvalue weighted by Crippen LogP contribution is -1.94. The van der Waals surface area contributed by atoms with Gasteiger partial charge in [0.25, 0.3) is 0 Å². The first-order chi connectivity index (χ1) is 8.93. The average molecular weight is 236 g/mol. The molecule has 4 rings (SSSR count). The van der Waals surface area contributed by atoms with Crippen molar-refractivity contribution in [1.29, 1.82) is 0 Å². The van der Waals surface area contributed by atoms with Crippen molar-refractivity contribution in [2.24, 2.45) is 0 Å². The molecule has 86 valence electrons. The lowest BCUT2D eigenvalue weighted by molar-refractivity contribution is 0.941. The molecular weight excluding hydrogens is 228 g/mol. The molecule has 3 aromatic heterocycles. The van der Waals surface area contributed by atoms with Crippen LogP contribution in [0.1, 0.15) is 0 Å². The highest BCUT2D eigenvalue weighted by Gasteiger charge is 2.11. The van der Waals surface area contributed by atoms with Crippen LogP contribution in [-0.4, -0.2) is 29.2 Å². The predicted molar refractivity (Wildman–Crippen MR) is 65.0 cm³/mol. The zero-order valence-electron chi connectivity index (χ0n) is 9.30. The monoisotopic (exact) mass is 236 g/mol. The van der Waals surface area contributed by atoms with Crippen LogP contribution in [0.3, 0.4) is 0 Å². The minimum absolute atomic E-state index is 0.701. The Balaban J connectivity index is 2.09. The van der Waals surface area contributed by atoms with E-state index in [1.165, 1.54) is 6.33 Å². The van der Waals surface area contributed by atoms with E-state index in [-0.39, 0.29) is 0 Å². The van der Waals surface area contributed by atoms with Crippen molar-refractivity contribution in [2.45, 2.75) is 0 Å². The molecule has 6 nitrogen and oxygen atoms in total. The molecule has 0 aliphatic rings. The lowest BCUT2D eigenvalue weighted by Gasteiger charge is -1.99. The third kappa shape index (κ3) is 1.17. The summed E-state index contributed by atoms with van der Waals surface area (Å²) in [5, 5.41) is 12.5. The summed E-state index contributed by atoms with van der Waals surface area (Å²) in [5.41, 5.74) is 2.43. The number of benzene rings is 1. The summed E-state index contributed by atoms with van der Waals surface area (Å²) in [6, 6.07) is 9.94. The van der Waals surface area contributed by atoms with Gasteiger partial charge in [0, 0.05) is 18.0 Å². The Morgan fingerprint density at radius 1 is 0.889 bits per heavy atom. The Morgan fingerprint density at radius 2 is 1.78 bits per heavy atom. The first-order valence-corrected chi connectivity index (χ1v) is 5.52. The average Bonchev–Trinajstić information content (AvgIpc) is 3.05. The van der Waals surface area contributed by atoms with E-state index < -0.39 is 0 Å². The summed E-state index contributed by atoms with van der Waals surface area (Å²) in [6.07, 6.45) is 5.23. The SMILES string of the molecule is c1ccc(-c2nnc3c4ncnn4ccn23)cc1. The minimum atomic E-state index is 0.701. The molecule has 0 spiro atoms. The van der Waals surface area contributed by atoms with Gasteiger partial charge in [-0.05, 0) is 0 Å². The second-order valence-corrected chi connectivity index (χ2v) is 3.91. The molecular formula is C12H8N6. The molecule has 0 atom stereocenters. The molecule has 0 saturated carbocycles. The topological polar surface area (TPSA) is 60.4 Å². The van der Waals surface area contributed by atoms with Gasteiger partial charge >= 0.3 is 0 Å². The van der Waals surface area contributed by atoms with Crippen LogP contribution in [0, 0.1) is 0 Å². The van der Waals surface area contributed by atoms with Crippen molar-refractivity contribution in [1.82, 2.24) is 29.2 Å². The van der Waals surface area contributed by atoms with E-state index in [9.17, 15) is 0 Å². The summed E-state index contributed by atoms with van der Waals surface area (Å²) >= 11 is 0. The quantitative estimate of drug-likeness (QED) is 0.501. The van der Waals surface area contributed by atoms with Gasteiger partial charge in [0.15, 0.2) is 5.82 Å². The maximum Gasteiger partial charge on any atom is 0.206 e. The second-order valence-electron chi connectivity index (χ2n) is 3.91. The number of fused-ring (bicyclic) bond motifs is 3. The van der Waals surface area contributed by atoms with Crippen LogP contribution in [0.5, 0.6) is 0 Å². The fourth-order valence-electron chi connectivity index (χ4n) is 2.02. The normalized spacial score (nSPS) is 11.3. The van der Waals surface area contributed by atoms with Crippen LogP contribution >= 0.6 is 0 Å². The van der Waals surface area contributed by atoms with E-state index in [4.69, 9.17) is 0 Å². The van der Waals surface area contributed by atoms with Crippen LogP contribution < -0.4 is 0 Å². The largest absolute Gasteiger partial charge is 0.278 e. The van der Waals surface area contributed by atoms with Gasteiger partial charge in [-0.1, -0.05) is 30.3 Å². The zero-order valence-corrected chi connectivity index (χ0v) is 9.30. The molecule has 3 heterocycles. The van der Waals surface area contributed by atoms with Crippen molar-refractivity contribution < 1.29 is 0 Å². The Hall–Kier alpha value is -2.76. The third-order valence-corrected chi connectivity index (χ3v) is 2.86. The fourth-order valence-corrected chi connectivity index (χ4v) is 2.02. The molecule has 18 heavy (non-hydrogen) atoms. The van der Waals surface area contributed by atoms with E-state index >= 15 is 0 Å². The lowest BCUT2D eigenvalue weighted by atomic mass is 10.2. The van der Waals surface area contributed by atoms with Gasteiger partial charge < -0.3 is 0 Å². The van der Waals surface area contributed by atoms with Gasteiger partial charge in [-0.15, -0.1) is 10.2 Å². The first-order valence-electron chi connectivity index (χ1n) is 5.52. The van der Waals surface area contributed by atoms with E-state index in [0.717, 1.165) is 11.4 Å². The molecule has 0 amide bonds. The smallest absolute Gasteiger partial charge is 0.206 e. The maximum atomic E-state index is 4.23. The molecule has 0 aliphatic heterocycles. The van der Waals surface area contributed by atoms with Crippen molar-refractivity contribution in [2.75, 3.05) is 0 Å². The Bertz CT molecular complexity index is 829. The summed E-state index contributed by atoms with van der Waals surface area (Å²) in [4.78, 5) is 4.18. The summed E-state index contributed by atoms with van der Waals surface area (Å²) < 4.78 is 3.60. The molecule has 0 bridgehead atoms. The number of aromatic nitrogens is 6. The zero-order chi connectivity index (χ0) is 11.9. The van der Waals surface area contributed by atoms with Gasteiger partial charge in [0.2, 0.25) is 11.3 Å². The van der Waals surface area contributed by atoms with Crippen LogP contribution in [0.2, 0.25) is 0 Å². The molecule has 4 aromatic rings. The van der Waals surface area contributed by atoms with Crippen molar-refractivity contribution >= 4 is 11.3 Å². The van der Waals surface area contributed by atoms with Crippen molar-refractivity contribution in [3.8, 4) is 11.4 Å². The van der Waals surface area contributed by atoms with Gasteiger partial charge in [0.05, 0.1) is 0 Å². The maximum absolute atomic E-state index is 4.23. The number of hydrogen-bond acceptors (Lipinski definition) is 4. The highest BCUT2D eigenvalue weighted by atomic mass is 15.3. The van der Waals surface area contributed by atoms with E-state index in [1.807, 2.05) is 47.1 Å². The molecule has 6 heteroatoms. The van der Waals surface area contributed by atoms with Crippen LogP contribution in [0.4, 0.5) is 0 Å². The minimum Gasteiger partial charge on any atom is -0.278 e. The fraction of sp³-hybridized carbons (Fsp3) is 0. The van der Waals surface area contributed by atoms with E-state index in [0.29, 0.717) is 11.3 Å². The van der Waals surface area contributed by atoms with Crippen molar-refractivity contribution in [3.05, 3.63) is 49.1 Å². The first kappa shape index (κ1) is 9.29. The molecule has 0 N–H and O–H groups in total. The molecule has 0 aliphatic carbocycles. The van der Waals surface area contributed by atoms with Crippen LogP contribution in [0.15, 0.2) is 49.1 Å². The molecule has 1 aromatic carbocycles. The third-order valence-electron chi connectivity index (χ3n) is 2.86. The standard InChI is InChI=1S/C12H8N6/c1-2-4-9(5-3-1)10-15-16-12-11-13-8-14-18(11)7-6-17(10)12/h1-8H. The Morgan fingerprint density at radius 3 is 2.67 bits per heavy atom. The van der Waals surface area contributed by atoms with Crippen LogP contribution in [0.25, 0.3) is 22.7 Å². The van der Waals surface area contributed by atoms with Crippen LogP contribution in [-0.2, 0) is 0 Å². The summed E-state index contributed by atoms with van der Waals surface area (Å²) in [5.74, 6) is 0.802. The molecule has 0 unspecified atom stereocenters. The van der Waals surface area contributed by atoms with Crippen molar-refractivity contribution in [3.63, 3.8) is 0 Å². The second kappa shape index (κ2) is 3.36. The highest BCUT2D eigenvalue weighted by Crippen LogP contribution is 2.18. The van der Waals surface area contributed by atoms with Gasteiger partial charge in [-0.25, -0.2) is 9.50 Å². The van der Waals surface area contributed by atoms with Gasteiger partial charge in [-0.3, -0.25) is 4.40 Å². The Kier molecular flexibility index (Phi) is 1.74. The highest BCUT2D eigenvalue weighted by molar-refractivity contribution is 5.69. The number of rotatable bonds is 1. The molecule has 0 fully saturated rings. The molecule has 0 radical (unpaired) electrons.